The molecular formula is C27H20F2N2O3. The first-order chi connectivity index (χ1) is 16.4. The van der Waals surface area contributed by atoms with Crippen LogP contribution in [0, 0.1) is 11.6 Å². The highest BCUT2D eigenvalue weighted by atomic mass is 19.2. The molecule has 3 N–H and O–H groups in total. The van der Waals surface area contributed by atoms with Gasteiger partial charge in [-0.3, -0.25) is 0 Å². The number of aromatic nitrogens is 1. The first-order valence-corrected chi connectivity index (χ1v) is 10.4. The van der Waals surface area contributed by atoms with Gasteiger partial charge in [0.1, 0.15) is 11.6 Å². The molecule has 4 rings (SSSR count). The van der Waals surface area contributed by atoms with E-state index in [4.69, 9.17) is 5.11 Å². The monoisotopic (exact) mass is 458 g/mol. The molecule has 0 bridgehead atoms. The second-order valence-corrected chi connectivity index (χ2v) is 7.51. The van der Waals surface area contributed by atoms with Gasteiger partial charge in [0, 0.05) is 23.7 Å². The van der Waals surface area contributed by atoms with Crippen molar-refractivity contribution in [1.82, 2.24) is 4.98 Å². The van der Waals surface area contributed by atoms with Crippen molar-refractivity contribution in [2.24, 2.45) is 0 Å². The molecule has 0 amide bonds. The standard InChI is InChI=1S/C27H20F2N2O3/c28-22-6-3-5-20(27(22)29)19-14-23(21-4-1-2-7-24(21)32)31-25(15-19)30-16-18-10-8-17(9-11-18)12-13-26(33)34/h1-15,32H,16H2,(H,30,31)(H,33,34)/b13-12+. The number of aromatic hydroxyl groups is 1. The van der Waals surface area contributed by atoms with Gasteiger partial charge >= 0.3 is 5.97 Å². The zero-order valence-corrected chi connectivity index (χ0v) is 17.9. The molecule has 0 atom stereocenters. The molecule has 1 aromatic heterocycles. The lowest BCUT2D eigenvalue weighted by Gasteiger charge is -2.13. The van der Waals surface area contributed by atoms with Crippen LogP contribution in [0.5, 0.6) is 5.75 Å². The van der Waals surface area contributed by atoms with Crippen molar-refractivity contribution in [2.75, 3.05) is 5.32 Å². The maximum Gasteiger partial charge on any atom is 0.328 e. The molecule has 4 aromatic rings. The van der Waals surface area contributed by atoms with E-state index in [2.05, 4.69) is 10.3 Å². The molecule has 0 fully saturated rings. The second-order valence-electron chi connectivity index (χ2n) is 7.51. The van der Waals surface area contributed by atoms with Crippen LogP contribution in [-0.2, 0) is 11.3 Å². The molecule has 0 aliphatic carbocycles. The number of phenolic OH excluding ortho intramolecular Hbond substituents is 1. The van der Waals surface area contributed by atoms with Crippen LogP contribution in [0.4, 0.5) is 14.6 Å². The van der Waals surface area contributed by atoms with E-state index in [0.717, 1.165) is 23.3 Å². The zero-order valence-electron chi connectivity index (χ0n) is 17.9. The molecule has 5 nitrogen and oxygen atoms in total. The van der Waals surface area contributed by atoms with E-state index in [-0.39, 0.29) is 11.3 Å². The van der Waals surface area contributed by atoms with Gasteiger partial charge in [-0.25, -0.2) is 18.6 Å². The Labute approximate surface area is 194 Å². The molecule has 1 heterocycles. The van der Waals surface area contributed by atoms with Gasteiger partial charge in [-0.05, 0) is 53.1 Å². The number of carbonyl (C=O) groups is 1. The number of pyridine rings is 1. The molecule has 0 aliphatic rings. The zero-order chi connectivity index (χ0) is 24.1. The number of nitrogens with zero attached hydrogens (tertiary/aromatic N) is 1. The molecule has 3 aromatic carbocycles. The minimum atomic E-state index is -1.02. The van der Waals surface area contributed by atoms with Gasteiger partial charge in [0.05, 0.1) is 5.69 Å². The summed E-state index contributed by atoms with van der Waals surface area (Å²) >= 11 is 0. The Balaban J connectivity index is 1.66. The highest BCUT2D eigenvalue weighted by Crippen LogP contribution is 2.33. The SMILES string of the molecule is O=C(O)/C=C/c1ccc(CNc2cc(-c3cccc(F)c3F)cc(-c3ccccc3O)n2)cc1. The predicted octanol–water partition coefficient (Wildman–Crippen LogP) is 6.11. The normalized spacial score (nSPS) is 11.0. The maximum atomic E-state index is 14.5. The fourth-order valence-electron chi connectivity index (χ4n) is 3.44. The van der Waals surface area contributed by atoms with Gasteiger partial charge < -0.3 is 15.5 Å². The van der Waals surface area contributed by atoms with Crippen molar-refractivity contribution >= 4 is 17.9 Å². The Kier molecular flexibility index (Phi) is 6.64. The Morgan fingerprint density at radius 3 is 2.41 bits per heavy atom. The Morgan fingerprint density at radius 2 is 1.68 bits per heavy atom. The molecule has 0 saturated carbocycles. The lowest BCUT2D eigenvalue weighted by atomic mass is 10.0. The largest absolute Gasteiger partial charge is 0.507 e. The average Bonchev–Trinajstić information content (AvgIpc) is 2.84. The lowest BCUT2D eigenvalue weighted by Crippen LogP contribution is -2.03. The minimum Gasteiger partial charge on any atom is -0.507 e. The van der Waals surface area contributed by atoms with E-state index in [1.54, 1.807) is 42.5 Å². The number of rotatable bonds is 7. The summed E-state index contributed by atoms with van der Waals surface area (Å²) in [4.78, 5) is 15.2. The van der Waals surface area contributed by atoms with Crippen molar-refractivity contribution in [3.8, 4) is 28.1 Å². The Bertz CT molecular complexity index is 1370. The number of phenols is 1. The third-order valence-corrected chi connectivity index (χ3v) is 5.14. The highest BCUT2D eigenvalue weighted by molar-refractivity contribution is 5.85. The number of carboxylic acid groups (broad SMARTS) is 1. The fraction of sp³-hybridized carbons (Fsp3) is 0.0370. The van der Waals surface area contributed by atoms with E-state index >= 15 is 0 Å². The summed E-state index contributed by atoms with van der Waals surface area (Å²) in [6, 6.07) is 21.1. The van der Waals surface area contributed by atoms with Crippen molar-refractivity contribution in [3.05, 3.63) is 108 Å². The molecule has 0 radical (unpaired) electrons. The van der Waals surface area contributed by atoms with Crippen LogP contribution < -0.4 is 5.32 Å². The minimum absolute atomic E-state index is 0.0165. The number of para-hydroxylation sites is 1. The van der Waals surface area contributed by atoms with Crippen molar-refractivity contribution < 1.29 is 23.8 Å². The summed E-state index contributed by atoms with van der Waals surface area (Å²) < 4.78 is 28.4. The van der Waals surface area contributed by atoms with Crippen LogP contribution in [-0.4, -0.2) is 21.2 Å². The molecule has 34 heavy (non-hydrogen) atoms. The third kappa shape index (κ3) is 5.27. The Hall–Kier alpha value is -4.52. The molecule has 0 unspecified atom stereocenters. The van der Waals surface area contributed by atoms with E-state index in [0.29, 0.717) is 29.2 Å². The molecule has 7 heteroatoms. The van der Waals surface area contributed by atoms with Crippen LogP contribution in [0.1, 0.15) is 11.1 Å². The number of carboxylic acids is 1. The average molecular weight is 458 g/mol. The smallest absolute Gasteiger partial charge is 0.328 e. The van der Waals surface area contributed by atoms with Crippen molar-refractivity contribution in [1.29, 1.82) is 0 Å². The number of aliphatic carboxylic acids is 1. The van der Waals surface area contributed by atoms with Gasteiger partial charge in [-0.2, -0.15) is 0 Å². The lowest BCUT2D eigenvalue weighted by molar-refractivity contribution is -0.131. The topological polar surface area (TPSA) is 82.5 Å². The number of hydrogen-bond acceptors (Lipinski definition) is 4. The van der Waals surface area contributed by atoms with E-state index < -0.39 is 17.6 Å². The van der Waals surface area contributed by atoms with Crippen LogP contribution in [0.2, 0.25) is 0 Å². The summed E-state index contributed by atoms with van der Waals surface area (Å²) in [7, 11) is 0. The summed E-state index contributed by atoms with van der Waals surface area (Å²) in [5.74, 6) is -2.51. The quantitative estimate of drug-likeness (QED) is 0.291. The summed E-state index contributed by atoms with van der Waals surface area (Å²) in [5.41, 5.74) is 2.99. The van der Waals surface area contributed by atoms with Gasteiger partial charge in [0.25, 0.3) is 0 Å². The molecule has 0 spiro atoms. The molecular weight excluding hydrogens is 438 g/mol. The Morgan fingerprint density at radius 1 is 0.941 bits per heavy atom. The predicted molar refractivity (Wildman–Crippen MR) is 127 cm³/mol. The van der Waals surface area contributed by atoms with Crippen LogP contribution >= 0.6 is 0 Å². The molecule has 0 saturated heterocycles. The number of halogens is 2. The van der Waals surface area contributed by atoms with Gasteiger partial charge in [-0.1, -0.05) is 48.5 Å². The van der Waals surface area contributed by atoms with Gasteiger partial charge in [0.2, 0.25) is 0 Å². The number of hydrogen-bond donors (Lipinski definition) is 3. The summed E-state index contributed by atoms with van der Waals surface area (Å²) in [5, 5.41) is 22.2. The first kappa shape index (κ1) is 22.7. The molecule has 0 aliphatic heterocycles. The van der Waals surface area contributed by atoms with Crippen molar-refractivity contribution in [3.63, 3.8) is 0 Å². The van der Waals surface area contributed by atoms with E-state index in [9.17, 15) is 18.7 Å². The van der Waals surface area contributed by atoms with E-state index in [1.165, 1.54) is 24.3 Å². The van der Waals surface area contributed by atoms with Crippen LogP contribution in [0.25, 0.3) is 28.5 Å². The van der Waals surface area contributed by atoms with E-state index in [1.807, 2.05) is 12.1 Å². The number of benzene rings is 3. The first-order valence-electron chi connectivity index (χ1n) is 10.4. The van der Waals surface area contributed by atoms with Gasteiger partial charge in [0.15, 0.2) is 11.6 Å². The third-order valence-electron chi connectivity index (χ3n) is 5.14. The van der Waals surface area contributed by atoms with Crippen LogP contribution in [0.15, 0.2) is 84.9 Å². The second kappa shape index (κ2) is 9.95. The summed E-state index contributed by atoms with van der Waals surface area (Å²) in [6.07, 6.45) is 2.56. The molecule has 170 valence electrons. The van der Waals surface area contributed by atoms with Crippen LogP contribution in [0.3, 0.4) is 0 Å². The van der Waals surface area contributed by atoms with Crippen molar-refractivity contribution in [2.45, 2.75) is 6.54 Å². The fourth-order valence-corrected chi connectivity index (χ4v) is 3.44. The number of anilines is 1. The van der Waals surface area contributed by atoms with Gasteiger partial charge in [-0.15, -0.1) is 0 Å². The number of nitrogens with one attached hydrogen (secondary N) is 1. The maximum absolute atomic E-state index is 14.5. The summed E-state index contributed by atoms with van der Waals surface area (Å²) in [6.45, 7) is 0.380. The highest BCUT2D eigenvalue weighted by Gasteiger charge is 2.14.